The van der Waals surface area contributed by atoms with E-state index in [9.17, 15) is 5.26 Å². The number of methoxy groups -OCH3 is 1. The summed E-state index contributed by atoms with van der Waals surface area (Å²) in [5.74, 6) is 1.65. The van der Waals surface area contributed by atoms with Crippen LogP contribution in [0.4, 0.5) is 0 Å². The molecule has 2 aliphatic carbocycles. The first-order valence-electron chi connectivity index (χ1n) is 8.10. The third-order valence-electron chi connectivity index (χ3n) is 6.09. The van der Waals surface area contributed by atoms with E-state index in [0.29, 0.717) is 11.6 Å². The molecule has 116 valence electrons. The van der Waals surface area contributed by atoms with E-state index in [0.717, 1.165) is 30.9 Å². The van der Waals surface area contributed by atoms with Crippen LogP contribution in [0.3, 0.4) is 0 Å². The molecule has 5 rings (SSSR count). The number of allylic oxidation sites excluding steroid dienone is 2. The molecular formula is C19H18N2O2. The summed E-state index contributed by atoms with van der Waals surface area (Å²) >= 11 is 0. The zero-order valence-corrected chi connectivity index (χ0v) is 13.3. The summed E-state index contributed by atoms with van der Waals surface area (Å²) < 4.78 is 12.0. The van der Waals surface area contributed by atoms with Crippen molar-refractivity contribution in [2.75, 3.05) is 20.7 Å². The van der Waals surface area contributed by atoms with Gasteiger partial charge in [-0.3, -0.25) is 4.90 Å². The normalized spacial score (nSPS) is 33.1. The molecule has 1 spiro atoms. The van der Waals surface area contributed by atoms with E-state index in [2.05, 4.69) is 30.2 Å². The molecule has 23 heavy (non-hydrogen) atoms. The Morgan fingerprint density at radius 1 is 1.39 bits per heavy atom. The number of rotatable bonds is 1. The number of hydrogen-bond donors (Lipinski definition) is 0. The van der Waals surface area contributed by atoms with Crippen LogP contribution in [0.5, 0.6) is 5.75 Å². The average Bonchev–Trinajstić information content (AvgIpc) is 2.92. The Labute approximate surface area is 135 Å². The fraction of sp³-hybridized carbons (Fsp3) is 0.421. The zero-order valence-electron chi connectivity index (χ0n) is 13.3. The number of likely N-dealkylation sites (N-methyl/N-ethyl adjacent to an activating group) is 1. The van der Waals surface area contributed by atoms with Crippen molar-refractivity contribution in [3.8, 4) is 11.8 Å². The lowest BCUT2D eigenvalue weighted by Gasteiger charge is -2.52. The molecule has 2 heterocycles. The van der Waals surface area contributed by atoms with Crippen molar-refractivity contribution in [3.05, 3.63) is 52.3 Å². The van der Waals surface area contributed by atoms with Gasteiger partial charge in [0.05, 0.1) is 18.1 Å². The van der Waals surface area contributed by atoms with E-state index in [1.54, 1.807) is 7.11 Å². The molecule has 4 nitrogen and oxygen atoms in total. The molecule has 2 aliphatic heterocycles. The maximum Gasteiger partial charge on any atom is 0.169 e. The summed E-state index contributed by atoms with van der Waals surface area (Å²) in [5, 5.41) is 9.50. The first kappa shape index (κ1) is 13.2. The smallest absolute Gasteiger partial charge is 0.169 e. The van der Waals surface area contributed by atoms with E-state index in [1.807, 2.05) is 12.1 Å². The molecule has 0 N–H and O–H groups in total. The highest BCUT2D eigenvalue weighted by Gasteiger charge is 2.61. The number of nitrogens with zero attached hydrogens (tertiary/aromatic N) is 2. The monoisotopic (exact) mass is 306 g/mol. The van der Waals surface area contributed by atoms with Crippen molar-refractivity contribution < 1.29 is 9.47 Å². The highest BCUT2D eigenvalue weighted by atomic mass is 16.5. The van der Waals surface area contributed by atoms with Gasteiger partial charge in [0.1, 0.15) is 17.6 Å². The lowest BCUT2D eigenvalue weighted by molar-refractivity contribution is 0.0742. The third kappa shape index (κ3) is 1.36. The zero-order chi connectivity index (χ0) is 15.8. The predicted molar refractivity (Wildman–Crippen MR) is 85.2 cm³/mol. The van der Waals surface area contributed by atoms with Crippen LogP contribution >= 0.6 is 0 Å². The number of piperidine rings is 1. The SMILES string of the molecule is COC1=CC=C2C3Cc4ccc(C#N)c5c4C2(CCN3C)C1O5. The second kappa shape index (κ2) is 4.18. The van der Waals surface area contributed by atoms with Crippen LogP contribution in [0.15, 0.2) is 35.6 Å². The predicted octanol–water partition coefficient (Wildman–Crippen LogP) is 2.29. The van der Waals surface area contributed by atoms with Crippen molar-refractivity contribution in [1.82, 2.24) is 4.90 Å². The Bertz CT molecular complexity index is 833. The lowest BCUT2D eigenvalue weighted by atomic mass is 9.57. The molecule has 2 bridgehead atoms. The summed E-state index contributed by atoms with van der Waals surface area (Å²) in [7, 11) is 3.91. The van der Waals surface area contributed by atoms with Gasteiger partial charge in [-0.1, -0.05) is 12.1 Å². The van der Waals surface area contributed by atoms with E-state index in [4.69, 9.17) is 9.47 Å². The molecule has 0 aromatic heterocycles. The number of nitriles is 1. The van der Waals surface area contributed by atoms with Crippen molar-refractivity contribution in [1.29, 1.82) is 5.26 Å². The largest absolute Gasteiger partial charge is 0.497 e. The van der Waals surface area contributed by atoms with Crippen LogP contribution in [0.2, 0.25) is 0 Å². The number of benzene rings is 1. The fourth-order valence-corrected chi connectivity index (χ4v) is 5.05. The van der Waals surface area contributed by atoms with Crippen LogP contribution in [0.25, 0.3) is 0 Å². The molecule has 4 heteroatoms. The molecule has 0 amide bonds. The maximum atomic E-state index is 9.50. The minimum absolute atomic E-state index is 0.132. The molecule has 1 aromatic carbocycles. The summed E-state index contributed by atoms with van der Waals surface area (Å²) in [6, 6.07) is 6.74. The van der Waals surface area contributed by atoms with Gasteiger partial charge >= 0.3 is 0 Å². The summed E-state index contributed by atoms with van der Waals surface area (Å²) in [4.78, 5) is 2.44. The van der Waals surface area contributed by atoms with Crippen molar-refractivity contribution in [2.45, 2.75) is 30.4 Å². The van der Waals surface area contributed by atoms with Gasteiger partial charge in [0.25, 0.3) is 0 Å². The summed E-state index contributed by atoms with van der Waals surface area (Å²) in [5.41, 5.74) is 4.50. The second-order valence-electron chi connectivity index (χ2n) is 6.90. The first-order valence-corrected chi connectivity index (χ1v) is 8.10. The van der Waals surface area contributed by atoms with Crippen molar-refractivity contribution >= 4 is 0 Å². The van der Waals surface area contributed by atoms with Crippen LogP contribution in [-0.2, 0) is 16.6 Å². The van der Waals surface area contributed by atoms with E-state index in [-0.39, 0.29) is 11.5 Å². The molecule has 0 saturated carbocycles. The second-order valence-corrected chi connectivity index (χ2v) is 6.90. The van der Waals surface area contributed by atoms with Crippen molar-refractivity contribution in [2.24, 2.45) is 0 Å². The molecule has 3 atom stereocenters. The highest BCUT2D eigenvalue weighted by molar-refractivity contribution is 5.67. The quantitative estimate of drug-likeness (QED) is 0.798. The van der Waals surface area contributed by atoms with Gasteiger partial charge in [-0.2, -0.15) is 5.26 Å². The molecular weight excluding hydrogens is 288 g/mol. The first-order chi connectivity index (χ1) is 11.2. The molecule has 1 fully saturated rings. The fourth-order valence-electron chi connectivity index (χ4n) is 5.05. The number of likely N-dealkylation sites (tertiary alicyclic amines) is 1. The molecule has 1 saturated heterocycles. The Balaban J connectivity index is 1.86. The van der Waals surface area contributed by atoms with Crippen LogP contribution in [-0.4, -0.2) is 37.7 Å². The van der Waals surface area contributed by atoms with Crippen LogP contribution in [0, 0.1) is 11.3 Å². The summed E-state index contributed by atoms with van der Waals surface area (Å²) in [6.07, 6.45) is 6.15. The molecule has 1 aromatic rings. The van der Waals surface area contributed by atoms with E-state index in [1.165, 1.54) is 16.7 Å². The Morgan fingerprint density at radius 3 is 3.04 bits per heavy atom. The minimum atomic E-state index is -0.146. The summed E-state index contributed by atoms with van der Waals surface area (Å²) in [6.45, 7) is 1.04. The Hall–Kier alpha value is -2.25. The molecule has 0 radical (unpaired) electrons. The molecule has 3 unspecified atom stereocenters. The van der Waals surface area contributed by atoms with Gasteiger partial charge in [-0.25, -0.2) is 0 Å². The number of ether oxygens (including phenoxy) is 2. The lowest BCUT2D eigenvalue weighted by Crippen LogP contribution is -2.58. The van der Waals surface area contributed by atoms with Gasteiger partial charge < -0.3 is 9.47 Å². The van der Waals surface area contributed by atoms with Crippen LogP contribution < -0.4 is 4.74 Å². The standard InChI is InChI=1S/C19H18N2O2/c1-21-8-7-19-13-5-6-15(22-2)18(19)23-17-12(10-20)4-3-11(16(17)19)9-14(13)21/h3-6,14,18H,7-9H2,1-2H3. The molecule has 4 aliphatic rings. The van der Waals surface area contributed by atoms with Gasteiger partial charge in [0, 0.05) is 11.6 Å². The highest BCUT2D eigenvalue weighted by Crippen LogP contribution is 2.61. The van der Waals surface area contributed by atoms with E-state index < -0.39 is 0 Å². The van der Waals surface area contributed by atoms with Gasteiger partial charge in [0.2, 0.25) is 0 Å². The maximum absolute atomic E-state index is 9.50. The van der Waals surface area contributed by atoms with Gasteiger partial charge in [0.15, 0.2) is 6.10 Å². The minimum Gasteiger partial charge on any atom is -0.497 e. The van der Waals surface area contributed by atoms with E-state index >= 15 is 0 Å². The van der Waals surface area contributed by atoms with Gasteiger partial charge in [-0.05, 0) is 49.7 Å². The third-order valence-corrected chi connectivity index (χ3v) is 6.09. The van der Waals surface area contributed by atoms with Gasteiger partial charge in [-0.15, -0.1) is 0 Å². The Morgan fingerprint density at radius 2 is 2.26 bits per heavy atom. The topological polar surface area (TPSA) is 45.5 Å². The number of hydrogen-bond acceptors (Lipinski definition) is 4. The Kier molecular flexibility index (Phi) is 2.40. The average molecular weight is 306 g/mol. The van der Waals surface area contributed by atoms with Crippen molar-refractivity contribution in [3.63, 3.8) is 0 Å². The van der Waals surface area contributed by atoms with Crippen LogP contribution in [0.1, 0.15) is 23.1 Å².